The molecule has 1 aromatic heterocycles. The van der Waals surface area contributed by atoms with Crippen molar-refractivity contribution >= 4 is 53.9 Å². The topological polar surface area (TPSA) is 25.8 Å². The van der Waals surface area contributed by atoms with Crippen molar-refractivity contribution in [1.29, 1.82) is 0 Å². The van der Waals surface area contributed by atoms with Crippen LogP contribution in [0.1, 0.15) is 5.56 Å². The molecule has 0 unspecified atom stereocenters. The van der Waals surface area contributed by atoms with Gasteiger partial charge >= 0.3 is 0 Å². The van der Waals surface area contributed by atoms with Gasteiger partial charge < -0.3 is 0 Å². The molecule has 266 valence electrons. The van der Waals surface area contributed by atoms with Gasteiger partial charge in [0.15, 0.2) is 0 Å². The van der Waals surface area contributed by atoms with E-state index in [-0.39, 0.29) is 0 Å². The Morgan fingerprint density at radius 3 is 1.54 bits per heavy atom. The van der Waals surface area contributed by atoms with Crippen LogP contribution in [0.5, 0.6) is 0 Å². The summed E-state index contributed by atoms with van der Waals surface area (Å²) in [4.78, 5) is 10.2. The number of nitrogens with zero attached hydrogens (tertiary/aromatic N) is 2. The molecule has 57 heavy (non-hydrogen) atoms. The molecule has 0 aliphatic carbocycles. The highest BCUT2D eigenvalue weighted by Gasteiger charge is 2.16. The lowest BCUT2D eigenvalue weighted by atomic mass is 9.88. The summed E-state index contributed by atoms with van der Waals surface area (Å²) in [5, 5.41) is 12.6. The predicted molar refractivity (Wildman–Crippen MR) is 241 cm³/mol. The molecule has 0 N–H and O–H groups in total. The van der Waals surface area contributed by atoms with Gasteiger partial charge in [0.1, 0.15) is 0 Å². The van der Waals surface area contributed by atoms with Crippen molar-refractivity contribution in [3.05, 3.63) is 206 Å². The summed E-state index contributed by atoms with van der Waals surface area (Å²) < 4.78 is 0. The maximum atomic E-state index is 5.21. The third-order valence-corrected chi connectivity index (χ3v) is 11.6. The van der Waals surface area contributed by atoms with Crippen LogP contribution in [0.15, 0.2) is 200 Å². The van der Waals surface area contributed by atoms with Crippen LogP contribution >= 0.6 is 0 Å². The predicted octanol–water partition coefficient (Wildman–Crippen LogP) is 14.9. The van der Waals surface area contributed by atoms with E-state index in [1.165, 1.54) is 81.7 Å². The van der Waals surface area contributed by atoms with Crippen molar-refractivity contribution in [3.63, 3.8) is 0 Å². The van der Waals surface area contributed by atoms with Crippen LogP contribution in [-0.4, -0.2) is 9.97 Å². The van der Waals surface area contributed by atoms with Crippen LogP contribution in [0.25, 0.3) is 110 Å². The second-order valence-electron chi connectivity index (χ2n) is 15.0. The molecule has 0 aliphatic heterocycles. The SMILES string of the molecule is Cc1cccc2ccc3cccc(-c4cccc5ccc6cc(-c7ccc8cc(-c9cnc(-c%10ccccc%10)c(-c%10ccccc%10)n9)ccc8c7)ccc6c45)c3c12. The molecule has 0 aliphatic rings. The molecular formula is C55H36N2. The lowest BCUT2D eigenvalue weighted by Gasteiger charge is -2.16. The molecule has 11 aromatic rings. The van der Waals surface area contributed by atoms with Gasteiger partial charge in [0, 0.05) is 16.7 Å². The van der Waals surface area contributed by atoms with Gasteiger partial charge in [-0.05, 0) is 107 Å². The van der Waals surface area contributed by atoms with E-state index < -0.39 is 0 Å². The summed E-state index contributed by atoms with van der Waals surface area (Å²) in [5.74, 6) is 0. The number of aryl methyl sites for hydroxylation is 1. The highest BCUT2D eigenvalue weighted by molar-refractivity contribution is 6.21. The lowest BCUT2D eigenvalue weighted by molar-refractivity contribution is 1.21. The fraction of sp³-hybridized carbons (Fsp3) is 0.0182. The number of hydrogen-bond donors (Lipinski definition) is 0. The Morgan fingerprint density at radius 2 is 0.842 bits per heavy atom. The molecule has 0 amide bonds. The van der Waals surface area contributed by atoms with E-state index in [4.69, 9.17) is 9.97 Å². The normalized spacial score (nSPS) is 11.6. The standard InChI is InChI=1S/C55H36N2/c1-35-11-8-16-36-21-22-38-18-10-20-49(53(38)51(35)36)48-19-9-17-37-23-27-45-32-44(29-30-47(45)52(37)48)41-24-25-43-33-46(28-26-42(43)31-41)50-34-56-54(39-12-4-2-5-13-39)55(57-50)40-14-6-3-7-15-40/h2-34H,1H3. The molecule has 0 saturated heterocycles. The quantitative estimate of drug-likeness (QED) is 0.165. The average Bonchev–Trinajstić information content (AvgIpc) is 3.28. The summed E-state index contributed by atoms with van der Waals surface area (Å²) >= 11 is 0. The summed E-state index contributed by atoms with van der Waals surface area (Å²) in [6.45, 7) is 2.23. The number of aromatic nitrogens is 2. The molecule has 0 radical (unpaired) electrons. The zero-order valence-electron chi connectivity index (χ0n) is 31.4. The van der Waals surface area contributed by atoms with Crippen LogP contribution in [-0.2, 0) is 0 Å². The molecule has 10 aromatic carbocycles. The first-order chi connectivity index (χ1) is 28.2. The van der Waals surface area contributed by atoms with E-state index in [0.717, 1.165) is 33.8 Å². The maximum absolute atomic E-state index is 5.21. The van der Waals surface area contributed by atoms with Gasteiger partial charge in [-0.2, -0.15) is 0 Å². The third kappa shape index (κ3) is 5.65. The molecule has 2 nitrogen and oxygen atoms in total. The lowest BCUT2D eigenvalue weighted by Crippen LogP contribution is -1.96. The first kappa shape index (κ1) is 33.0. The first-order valence-corrected chi connectivity index (χ1v) is 19.6. The Bertz CT molecular complexity index is 3350. The highest BCUT2D eigenvalue weighted by Crippen LogP contribution is 2.42. The van der Waals surface area contributed by atoms with Gasteiger partial charge in [0.05, 0.1) is 23.3 Å². The fourth-order valence-corrected chi connectivity index (χ4v) is 8.80. The van der Waals surface area contributed by atoms with E-state index in [2.05, 4.69) is 177 Å². The smallest absolute Gasteiger partial charge is 0.0972 e. The Morgan fingerprint density at radius 1 is 0.333 bits per heavy atom. The van der Waals surface area contributed by atoms with Crippen molar-refractivity contribution in [2.45, 2.75) is 6.92 Å². The van der Waals surface area contributed by atoms with Gasteiger partial charge in [0.2, 0.25) is 0 Å². The van der Waals surface area contributed by atoms with Crippen molar-refractivity contribution < 1.29 is 0 Å². The molecule has 2 heteroatoms. The molecule has 0 fully saturated rings. The molecule has 0 atom stereocenters. The monoisotopic (exact) mass is 724 g/mol. The minimum atomic E-state index is 0.854. The zero-order chi connectivity index (χ0) is 37.9. The molecule has 1 heterocycles. The Hall–Kier alpha value is -7.42. The Labute approximate surface area is 331 Å². The van der Waals surface area contributed by atoms with Gasteiger partial charge in [0.25, 0.3) is 0 Å². The van der Waals surface area contributed by atoms with E-state index in [1.807, 2.05) is 30.5 Å². The molecule has 11 rings (SSSR count). The molecule has 0 saturated carbocycles. The molecule has 0 spiro atoms. The van der Waals surface area contributed by atoms with Gasteiger partial charge in [-0.1, -0.05) is 176 Å². The fourth-order valence-electron chi connectivity index (χ4n) is 8.80. The van der Waals surface area contributed by atoms with Crippen molar-refractivity contribution in [3.8, 4) is 56.0 Å². The van der Waals surface area contributed by atoms with Crippen molar-refractivity contribution in [2.75, 3.05) is 0 Å². The Balaban J connectivity index is 0.985. The maximum Gasteiger partial charge on any atom is 0.0972 e. The second-order valence-corrected chi connectivity index (χ2v) is 15.0. The summed E-state index contributed by atoms with van der Waals surface area (Å²) in [7, 11) is 0. The van der Waals surface area contributed by atoms with Crippen LogP contribution in [0.4, 0.5) is 0 Å². The van der Waals surface area contributed by atoms with Crippen LogP contribution < -0.4 is 0 Å². The zero-order valence-corrected chi connectivity index (χ0v) is 31.4. The van der Waals surface area contributed by atoms with Gasteiger partial charge in [-0.15, -0.1) is 0 Å². The van der Waals surface area contributed by atoms with E-state index in [1.54, 1.807) is 0 Å². The number of rotatable bonds is 5. The second kappa shape index (κ2) is 13.4. The summed E-state index contributed by atoms with van der Waals surface area (Å²) in [6.07, 6.45) is 1.90. The first-order valence-electron chi connectivity index (χ1n) is 19.6. The van der Waals surface area contributed by atoms with Crippen molar-refractivity contribution in [1.82, 2.24) is 9.97 Å². The van der Waals surface area contributed by atoms with E-state index in [0.29, 0.717) is 0 Å². The van der Waals surface area contributed by atoms with Crippen molar-refractivity contribution in [2.24, 2.45) is 0 Å². The minimum absolute atomic E-state index is 0.854. The van der Waals surface area contributed by atoms with Gasteiger partial charge in [-0.3, -0.25) is 4.98 Å². The minimum Gasteiger partial charge on any atom is -0.252 e. The largest absolute Gasteiger partial charge is 0.252 e. The van der Waals surface area contributed by atoms with Crippen LogP contribution in [0.3, 0.4) is 0 Å². The third-order valence-electron chi connectivity index (χ3n) is 11.6. The summed E-state index contributed by atoms with van der Waals surface area (Å²) in [6, 6.07) is 70.1. The van der Waals surface area contributed by atoms with Gasteiger partial charge in [-0.25, -0.2) is 4.98 Å². The van der Waals surface area contributed by atoms with Crippen LogP contribution in [0, 0.1) is 6.92 Å². The number of benzene rings is 10. The van der Waals surface area contributed by atoms with E-state index in [9.17, 15) is 0 Å². The summed E-state index contributed by atoms with van der Waals surface area (Å²) in [5.41, 5.74) is 12.0. The van der Waals surface area contributed by atoms with E-state index >= 15 is 0 Å². The highest BCUT2D eigenvalue weighted by atomic mass is 14.8. The average molecular weight is 725 g/mol. The number of hydrogen-bond acceptors (Lipinski definition) is 2. The molecule has 0 bridgehead atoms. The Kier molecular flexibility index (Phi) is 7.75. The number of fused-ring (bicyclic) bond motifs is 7. The van der Waals surface area contributed by atoms with Crippen LogP contribution in [0.2, 0.25) is 0 Å². The molecular weight excluding hydrogens is 689 g/mol.